The molecule has 25 heavy (non-hydrogen) atoms. The number of likely N-dealkylation sites (tertiary alicyclic amines) is 1. The number of hydrogen-bond donors (Lipinski definition) is 0. The van der Waals surface area contributed by atoms with Crippen LogP contribution in [-0.2, 0) is 4.79 Å². The summed E-state index contributed by atoms with van der Waals surface area (Å²) in [7, 11) is 0. The van der Waals surface area contributed by atoms with Crippen LogP contribution in [0.2, 0.25) is 0 Å². The van der Waals surface area contributed by atoms with E-state index in [9.17, 15) is 4.79 Å². The van der Waals surface area contributed by atoms with Gasteiger partial charge in [-0.1, -0.05) is 75.2 Å². The maximum atomic E-state index is 13.0. The second-order valence-corrected chi connectivity index (χ2v) is 7.72. The molecule has 0 spiro atoms. The Hall–Kier alpha value is -1.49. The van der Waals surface area contributed by atoms with Gasteiger partial charge in [-0.05, 0) is 42.0 Å². The summed E-state index contributed by atoms with van der Waals surface area (Å²) >= 11 is 7.13. The lowest BCUT2D eigenvalue weighted by molar-refractivity contribution is -0.113. The Morgan fingerprint density at radius 3 is 1.72 bits per heavy atom. The van der Waals surface area contributed by atoms with Gasteiger partial charge in [0, 0.05) is 33.2 Å². The number of nitrogens with zero attached hydrogens (tertiary/aromatic N) is 1. The van der Waals surface area contributed by atoms with Gasteiger partial charge in [-0.3, -0.25) is 9.69 Å². The molecule has 1 fully saturated rings. The molecule has 0 radical (unpaired) electrons. The van der Waals surface area contributed by atoms with Gasteiger partial charge in [0.1, 0.15) is 0 Å². The number of rotatable bonds is 3. The molecule has 2 aromatic rings. The van der Waals surface area contributed by atoms with E-state index in [4.69, 9.17) is 0 Å². The van der Waals surface area contributed by atoms with Crippen LogP contribution in [0.25, 0.3) is 12.2 Å². The molecule has 128 valence electrons. The molecule has 3 rings (SSSR count). The maximum absolute atomic E-state index is 13.0. The van der Waals surface area contributed by atoms with Crippen LogP contribution in [0, 0.1) is 0 Å². The minimum absolute atomic E-state index is 0.135. The molecule has 0 aliphatic carbocycles. The van der Waals surface area contributed by atoms with Crippen molar-refractivity contribution in [1.29, 1.82) is 0 Å². The van der Waals surface area contributed by atoms with Gasteiger partial charge in [0.2, 0.25) is 0 Å². The Balaban J connectivity index is 2.00. The molecule has 0 saturated carbocycles. The number of carbonyl (C=O) groups is 1. The molecule has 1 saturated heterocycles. The highest BCUT2D eigenvalue weighted by molar-refractivity contribution is 9.10. The number of hydrogen-bond acceptors (Lipinski definition) is 2. The molecular formula is C21H19Br2NO. The zero-order chi connectivity index (χ0) is 17.8. The van der Waals surface area contributed by atoms with Crippen molar-refractivity contribution in [1.82, 2.24) is 4.90 Å². The molecule has 2 nitrogen and oxygen atoms in total. The van der Waals surface area contributed by atoms with Crippen molar-refractivity contribution in [2.24, 2.45) is 0 Å². The SMILES string of the molecule is CCN1C/C(=C\c2ccccc2Br)C(=O)/C(=C/c2ccccc2Br)C1. The van der Waals surface area contributed by atoms with E-state index in [1.165, 1.54) is 0 Å². The zero-order valence-electron chi connectivity index (χ0n) is 14.0. The van der Waals surface area contributed by atoms with E-state index < -0.39 is 0 Å². The lowest BCUT2D eigenvalue weighted by Crippen LogP contribution is -2.37. The van der Waals surface area contributed by atoms with Crippen LogP contribution in [0.3, 0.4) is 0 Å². The predicted octanol–water partition coefficient (Wildman–Crippen LogP) is 5.58. The number of carbonyl (C=O) groups excluding carboxylic acids is 1. The highest BCUT2D eigenvalue weighted by atomic mass is 79.9. The van der Waals surface area contributed by atoms with Crippen molar-refractivity contribution >= 4 is 49.8 Å². The van der Waals surface area contributed by atoms with Crippen LogP contribution < -0.4 is 0 Å². The number of halogens is 2. The van der Waals surface area contributed by atoms with Crippen molar-refractivity contribution in [2.45, 2.75) is 6.92 Å². The molecule has 0 aromatic heterocycles. The van der Waals surface area contributed by atoms with Crippen LogP contribution in [0.4, 0.5) is 0 Å². The van der Waals surface area contributed by atoms with Crippen LogP contribution in [0.5, 0.6) is 0 Å². The van der Waals surface area contributed by atoms with E-state index in [0.29, 0.717) is 13.1 Å². The standard InChI is InChI=1S/C21H19Br2NO/c1-2-24-13-17(11-15-7-3-5-9-19(15)22)21(25)18(14-24)12-16-8-4-6-10-20(16)23/h3-12H,2,13-14H2,1H3/b17-11+,18-12+. The third-order valence-corrected chi connectivity index (χ3v) is 5.73. The molecule has 1 aliphatic rings. The van der Waals surface area contributed by atoms with Gasteiger partial charge in [0.15, 0.2) is 5.78 Å². The Labute approximate surface area is 165 Å². The second kappa shape index (κ2) is 8.26. The Kier molecular flexibility index (Phi) is 6.05. The highest BCUT2D eigenvalue weighted by Gasteiger charge is 2.25. The van der Waals surface area contributed by atoms with Gasteiger partial charge in [0.05, 0.1) is 0 Å². The van der Waals surface area contributed by atoms with Gasteiger partial charge < -0.3 is 0 Å². The van der Waals surface area contributed by atoms with Gasteiger partial charge in [-0.2, -0.15) is 0 Å². The highest BCUT2D eigenvalue weighted by Crippen LogP contribution is 2.26. The van der Waals surface area contributed by atoms with Crippen LogP contribution in [0.15, 0.2) is 68.6 Å². The molecule has 0 N–H and O–H groups in total. The molecule has 1 heterocycles. The number of ketones is 1. The first-order valence-electron chi connectivity index (χ1n) is 8.25. The minimum Gasteiger partial charge on any atom is -0.295 e. The van der Waals surface area contributed by atoms with E-state index in [2.05, 4.69) is 43.7 Å². The fraction of sp³-hybridized carbons (Fsp3) is 0.190. The average Bonchev–Trinajstić information content (AvgIpc) is 2.62. The second-order valence-electron chi connectivity index (χ2n) is 6.01. The van der Waals surface area contributed by atoms with Gasteiger partial charge in [0.25, 0.3) is 0 Å². The fourth-order valence-electron chi connectivity index (χ4n) is 2.89. The molecule has 0 atom stereocenters. The topological polar surface area (TPSA) is 20.3 Å². The summed E-state index contributed by atoms with van der Waals surface area (Å²) in [6.07, 6.45) is 4.00. The maximum Gasteiger partial charge on any atom is 0.187 e. The van der Waals surface area contributed by atoms with E-state index in [-0.39, 0.29) is 5.78 Å². The quantitative estimate of drug-likeness (QED) is 0.557. The smallest absolute Gasteiger partial charge is 0.187 e. The van der Waals surface area contributed by atoms with Crippen LogP contribution >= 0.6 is 31.9 Å². The Bertz CT molecular complexity index is 787. The first-order valence-corrected chi connectivity index (χ1v) is 9.84. The van der Waals surface area contributed by atoms with Gasteiger partial charge in [-0.15, -0.1) is 0 Å². The summed E-state index contributed by atoms with van der Waals surface area (Å²) in [5.41, 5.74) is 3.73. The first kappa shape index (κ1) is 18.3. The summed E-state index contributed by atoms with van der Waals surface area (Å²) in [4.78, 5) is 15.3. The van der Waals surface area contributed by atoms with Crippen molar-refractivity contribution in [3.63, 3.8) is 0 Å². The molecule has 4 heteroatoms. The summed E-state index contributed by atoms with van der Waals surface area (Å²) in [5.74, 6) is 0.135. The van der Waals surface area contributed by atoms with Crippen molar-refractivity contribution < 1.29 is 4.79 Å². The predicted molar refractivity (Wildman–Crippen MR) is 111 cm³/mol. The lowest BCUT2D eigenvalue weighted by Gasteiger charge is -2.28. The Morgan fingerprint density at radius 2 is 1.32 bits per heavy atom. The number of piperidine rings is 1. The third-order valence-electron chi connectivity index (χ3n) is 4.29. The lowest BCUT2D eigenvalue weighted by atomic mass is 9.94. The summed E-state index contributed by atoms with van der Waals surface area (Å²) in [6, 6.07) is 16.0. The Morgan fingerprint density at radius 1 is 0.880 bits per heavy atom. The van der Waals surface area contributed by atoms with E-state index in [1.807, 2.05) is 60.7 Å². The molecule has 1 aliphatic heterocycles. The average molecular weight is 461 g/mol. The molecule has 2 aromatic carbocycles. The van der Waals surface area contributed by atoms with Crippen LogP contribution in [-0.4, -0.2) is 30.3 Å². The van der Waals surface area contributed by atoms with Crippen molar-refractivity contribution in [3.8, 4) is 0 Å². The van der Waals surface area contributed by atoms with Crippen molar-refractivity contribution in [3.05, 3.63) is 79.7 Å². The zero-order valence-corrected chi connectivity index (χ0v) is 17.2. The number of Topliss-reactive ketones (excluding diaryl/α,β-unsaturated/α-hetero) is 1. The molecule has 0 amide bonds. The summed E-state index contributed by atoms with van der Waals surface area (Å²) < 4.78 is 2.00. The van der Waals surface area contributed by atoms with Crippen LogP contribution in [0.1, 0.15) is 18.1 Å². The van der Waals surface area contributed by atoms with Gasteiger partial charge in [-0.25, -0.2) is 0 Å². The monoisotopic (exact) mass is 459 g/mol. The van der Waals surface area contributed by atoms with E-state index in [0.717, 1.165) is 37.8 Å². The third kappa shape index (κ3) is 4.38. The normalized spacial score (nSPS) is 18.9. The van der Waals surface area contributed by atoms with E-state index >= 15 is 0 Å². The number of likely N-dealkylation sites (N-methyl/N-ethyl adjacent to an activating group) is 1. The molecule has 0 bridgehead atoms. The summed E-state index contributed by atoms with van der Waals surface area (Å²) in [5, 5.41) is 0. The fourth-order valence-corrected chi connectivity index (χ4v) is 3.69. The molecular weight excluding hydrogens is 442 g/mol. The van der Waals surface area contributed by atoms with E-state index in [1.54, 1.807) is 0 Å². The van der Waals surface area contributed by atoms with Crippen molar-refractivity contribution in [2.75, 3.05) is 19.6 Å². The molecule has 0 unspecified atom stereocenters. The largest absolute Gasteiger partial charge is 0.295 e. The minimum atomic E-state index is 0.135. The number of benzene rings is 2. The summed E-state index contributed by atoms with van der Waals surface area (Å²) in [6.45, 7) is 4.41. The van der Waals surface area contributed by atoms with Gasteiger partial charge >= 0.3 is 0 Å². The first-order chi connectivity index (χ1) is 12.1.